The van der Waals surface area contributed by atoms with Gasteiger partial charge < -0.3 is 14.4 Å². The van der Waals surface area contributed by atoms with Gasteiger partial charge >= 0.3 is 0 Å². The Morgan fingerprint density at radius 3 is 2.76 bits per heavy atom. The lowest BCUT2D eigenvalue weighted by atomic mass is 10.0. The molecule has 0 bridgehead atoms. The third kappa shape index (κ3) is 4.85. The molecule has 1 aliphatic heterocycles. The summed E-state index contributed by atoms with van der Waals surface area (Å²) in [4.78, 5) is 19.1. The Morgan fingerprint density at radius 2 is 2.07 bits per heavy atom. The summed E-state index contributed by atoms with van der Waals surface area (Å²) in [6.45, 7) is 0.700. The Bertz CT molecular complexity index is 914. The smallest absolute Gasteiger partial charge is 0.290 e. The van der Waals surface area contributed by atoms with E-state index in [9.17, 15) is 8.42 Å². The molecule has 1 N–H and O–H groups in total. The van der Waals surface area contributed by atoms with Crippen molar-refractivity contribution in [2.75, 3.05) is 33.1 Å². The van der Waals surface area contributed by atoms with E-state index in [1.807, 2.05) is 6.20 Å². The summed E-state index contributed by atoms with van der Waals surface area (Å²) in [5, 5.41) is 7.82. The maximum absolute atomic E-state index is 12.3. The van der Waals surface area contributed by atoms with E-state index in [1.54, 1.807) is 31.6 Å². The van der Waals surface area contributed by atoms with Crippen LogP contribution < -0.4 is 0 Å². The lowest BCUT2D eigenvalue weighted by molar-refractivity contribution is -0.122. The van der Waals surface area contributed by atoms with Crippen LogP contribution in [0, 0.1) is 5.92 Å². The number of hydrogen-bond acceptors (Lipinski definition) is 7. The first kappa shape index (κ1) is 21.9. The van der Waals surface area contributed by atoms with Crippen LogP contribution in [-0.4, -0.2) is 71.9 Å². The molecule has 1 saturated heterocycles. The Morgan fingerprint density at radius 1 is 1.34 bits per heavy atom. The van der Waals surface area contributed by atoms with Crippen LogP contribution in [0.15, 0.2) is 12.4 Å². The fraction of sp³-hybridized carbons (Fsp3) is 0.611. The molecule has 160 valence electrons. The van der Waals surface area contributed by atoms with Crippen molar-refractivity contribution in [1.82, 2.24) is 18.8 Å². The van der Waals surface area contributed by atoms with Crippen molar-refractivity contribution in [2.45, 2.75) is 31.7 Å². The summed E-state index contributed by atoms with van der Waals surface area (Å²) in [5.74, 6) is 0.813. The van der Waals surface area contributed by atoms with Crippen molar-refractivity contribution >= 4 is 27.8 Å². The number of carboxylic acid groups (broad SMARTS) is 1. The van der Waals surface area contributed by atoms with Gasteiger partial charge in [-0.15, -0.1) is 11.3 Å². The number of rotatable bonds is 5. The van der Waals surface area contributed by atoms with Crippen LogP contribution in [0.3, 0.4) is 0 Å². The molecule has 2 aromatic heterocycles. The molecule has 2 atom stereocenters. The Kier molecular flexibility index (Phi) is 7.04. The second kappa shape index (κ2) is 9.33. The molecule has 29 heavy (non-hydrogen) atoms. The maximum atomic E-state index is 12.3. The summed E-state index contributed by atoms with van der Waals surface area (Å²) >= 11 is 1.72. The van der Waals surface area contributed by atoms with E-state index in [-0.39, 0.29) is 24.2 Å². The largest absolute Gasteiger partial charge is 0.483 e. The van der Waals surface area contributed by atoms with Crippen molar-refractivity contribution in [3.05, 3.63) is 23.0 Å². The summed E-state index contributed by atoms with van der Waals surface area (Å²) in [6.07, 6.45) is 8.26. The number of aryl methyl sites for hydroxylation is 2. The quantitative estimate of drug-likeness (QED) is 0.700. The summed E-state index contributed by atoms with van der Waals surface area (Å²) in [6, 6.07) is -0.0387. The normalized spacial score (nSPS) is 21.5. The van der Waals surface area contributed by atoms with E-state index in [4.69, 9.17) is 19.6 Å². The van der Waals surface area contributed by atoms with Gasteiger partial charge in [0.05, 0.1) is 30.7 Å². The minimum atomic E-state index is -3.28. The monoisotopic (exact) mass is 442 g/mol. The molecule has 0 unspecified atom stereocenters. The maximum Gasteiger partial charge on any atom is 0.290 e. The first-order chi connectivity index (χ1) is 13.9. The molecular formula is C18H26N4O5S2. The van der Waals surface area contributed by atoms with E-state index in [2.05, 4.69) is 9.55 Å². The fourth-order valence-corrected chi connectivity index (χ4v) is 5.98. The highest BCUT2D eigenvalue weighted by Crippen LogP contribution is 2.35. The van der Waals surface area contributed by atoms with Gasteiger partial charge in [-0.3, -0.25) is 4.79 Å². The molecule has 1 aliphatic carbocycles. The SMILES string of the molecule is CN(C)S(=O)(=O)C[C@H]1COC[C@H]1n1ccnc1-c1nc2c(s1)CCCC2.O=CO. The summed E-state index contributed by atoms with van der Waals surface area (Å²) < 4.78 is 33.6. The topological polar surface area (TPSA) is 115 Å². The zero-order chi connectivity index (χ0) is 21.0. The third-order valence-electron chi connectivity index (χ3n) is 5.21. The predicted molar refractivity (Wildman–Crippen MR) is 109 cm³/mol. The Balaban J connectivity index is 0.000000755. The van der Waals surface area contributed by atoms with E-state index in [1.165, 1.54) is 27.7 Å². The number of carbonyl (C=O) groups is 1. The molecule has 0 aromatic carbocycles. The van der Waals surface area contributed by atoms with Gasteiger partial charge in [0.1, 0.15) is 0 Å². The van der Waals surface area contributed by atoms with Crippen LogP contribution in [0.4, 0.5) is 0 Å². The third-order valence-corrected chi connectivity index (χ3v) is 8.32. The first-order valence-corrected chi connectivity index (χ1v) is 11.9. The second-order valence-corrected chi connectivity index (χ2v) is 10.6. The zero-order valence-corrected chi connectivity index (χ0v) is 18.2. The molecule has 4 rings (SSSR count). The van der Waals surface area contributed by atoms with Crippen LogP contribution in [0.2, 0.25) is 0 Å². The van der Waals surface area contributed by atoms with Gasteiger partial charge in [0.2, 0.25) is 10.0 Å². The number of fused-ring (bicyclic) bond motifs is 1. The molecular weight excluding hydrogens is 416 g/mol. The molecule has 0 amide bonds. The number of imidazole rings is 1. The van der Waals surface area contributed by atoms with Gasteiger partial charge in [-0.05, 0) is 25.7 Å². The van der Waals surface area contributed by atoms with Crippen molar-refractivity contribution in [3.8, 4) is 10.8 Å². The highest BCUT2D eigenvalue weighted by atomic mass is 32.2. The van der Waals surface area contributed by atoms with Crippen LogP contribution in [0.5, 0.6) is 0 Å². The molecule has 3 heterocycles. The minimum absolute atomic E-state index is 0.0387. The van der Waals surface area contributed by atoms with Crippen LogP contribution in [0.25, 0.3) is 10.8 Å². The van der Waals surface area contributed by atoms with Gasteiger partial charge in [-0.2, -0.15) is 0 Å². The molecule has 0 radical (unpaired) electrons. The number of ether oxygens (including phenoxy) is 1. The Labute approximate surface area is 174 Å². The van der Waals surface area contributed by atoms with Crippen LogP contribution in [0.1, 0.15) is 29.5 Å². The highest BCUT2D eigenvalue weighted by molar-refractivity contribution is 7.89. The minimum Gasteiger partial charge on any atom is -0.483 e. The van der Waals surface area contributed by atoms with Gasteiger partial charge in [0, 0.05) is 37.3 Å². The lowest BCUT2D eigenvalue weighted by Crippen LogP contribution is -2.32. The number of nitrogens with zero attached hydrogens (tertiary/aromatic N) is 4. The summed E-state index contributed by atoms with van der Waals surface area (Å²) in [5.41, 5.74) is 1.21. The van der Waals surface area contributed by atoms with E-state index in [0.717, 1.165) is 23.7 Å². The summed E-state index contributed by atoms with van der Waals surface area (Å²) in [7, 11) is -0.134. The van der Waals surface area contributed by atoms with E-state index in [0.29, 0.717) is 13.2 Å². The van der Waals surface area contributed by atoms with Crippen LogP contribution >= 0.6 is 11.3 Å². The number of thiazole rings is 1. The average molecular weight is 443 g/mol. The molecule has 0 saturated carbocycles. The van der Waals surface area contributed by atoms with Gasteiger partial charge in [0.25, 0.3) is 6.47 Å². The van der Waals surface area contributed by atoms with Crippen molar-refractivity contribution in [2.24, 2.45) is 5.92 Å². The highest BCUT2D eigenvalue weighted by Gasteiger charge is 2.35. The lowest BCUT2D eigenvalue weighted by Gasteiger charge is -2.22. The van der Waals surface area contributed by atoms with Crippen molar-refractivity contribution < 1.29 is 23.1 Å². The van der Waals surface area contributed by atoms with Gasteiger partial charge in [-0.25, -0.2) is 22.7 Å². The molecule has 11 heteroatoms. The zero-order valence-electron chi connectivity index (χ0n) is 16.5. The molecule has 1 fully saturated rings. The molecule has 9 nitrogen and oxygen atoms in total. The first-order valence-electron chi connectivity index (χ1n) is 9.45. The number of aromatic nitrogens is 3. The predicted octanol–water partition coefficient (Wildman–Crippen LogP) is 1.67. The van der Waals surface area contributed by atoms with Crippen molar-refractivity contribution in [3.63, 3.8) is 0 Å². The second-order valence-electron chi connectivity index (χ2n) is 7.29. The van der Waals surface area contributed by atoms with Gasteiger partial charge in [-0.1, -0.05) is 0 Å². The average Bonchev–Trinajstić information content (AvgIpc) is 3.40. The molecule has 0 spiro atoms. The van der Waals surface area contributed by atoms with Gasteiger partial charge in [0.15, 0.2) is 10.8 Å². The van der Waals surface area contributed by atoms with Crippen LogP contribution in [-0.2, 0) is 32.4 Å². The number of sulfonamides is 1. The molecule has 2 aromatic rings. The fourth-order valence-electron chi connectivity index (χ4n) is 3.67. The number of hydrogen-bond donors (Lipinski definition) is 1. The van der Waals surface area contributed by atoms with E-state index < -0.39 is 10.0 Å². The molecule has 2 aliphatic rings. The van der Waals surface area contributed by atoms with E-state index >= 15 is 0 Å². The standard InChI is InChI=1S/C17H24N4O3S2.CH2O2/c1-20(2)26(22,23)11-12-9-24-10-14(12)21-8-7-18-16(21)17-19-13-5-3-4-6-15(13)25-17;2-1-3/h7-8,12,14H,3-6,9-11H2,1-2H3;1H,(H,2,3)/t12-,14-;/m1./s1. The van der Waals surface area contributed by atoms with Crippen molar-refractivity contribution in [1.29, 1.82) is 0 Å². The Hall–Kier alpha value is -1.82.